The zero-order valence-electron chi connectivity index (χ0n) is 8.74. The monoisotopic (exact) mass is 247 g/mol. The van der Waals surface area contributed by atoms with Crippen molar-refractivity contribution < 1.29 is 5.11 Å². The Hall–Kier alpha value is -0.280. The zero-order valence-corrected chi connectivity index (χ0v) is 10.3. The van der Waals surface area contributed by atoms with Gasteiger partial charge in [0.05, 0.1) is 6.10 Å². The van der Waals surface area contributed by atoms with Crippen LogP contribution in [0.1, 0.15) is 25.5 Å². The molecule has 0 amide bonds. The molecule has 2 atom stereocenters. The molecule has 0 fully saturated rings. The van der Waals surface area contributed by atoms with Crippen LogP contribution in [0.5, 0.6) is 0 Å². The Morgan fingerprint density at radius 3 is 2.40 bits per heavy atom. The van der Waals surface area contributed by atoms with Gasteiger partial charge in [0.2, 0.25) is 0 Å². The lowest BCUT2D eigenvalue weighted by molar-refractivity contribution is 0.126. The average Bonchev–Trinajstić information content (AvgIpc) is 2.19. The second-order valence-electron chi connectivity index (χ2n) is 3.93. The van der Waals surface area contributed by atoms with Gasteiger partial charge in [-0.05, 0) is 24.1 Å². The Kier molecular flexibility index (Phi) is 4.41. The van der Waals surface area contributed by atoms with E-state index in [4.69, 9.17) is 28.9 Å². The first-order chi connectivity index (χ1) is 6.93. The first-order valence-electron chi connectivity index (χ1n) is 4.82. The van der Waals surface area contributed by atoms with E-state index in [1.54, 1.807) is 18.2 Å². The molecule has 2 nitrogen and oxygen atoms in total. The highest BCUT2D eigenvalue weighted by Gasteiger charge is 2.22. The standard InChI is InChI=1S/C11H15Cl2NO/c1-6(2)10(14)11(15)8-5-7(12)3-4-9(8)13/h3-6,10-11,15H,14H2,1-2H3. The lowest BCUT2D eigenvalue weighted by Gasteiger charge is -2.23. The quantitative estimate of drug-likeness (QED) is 0.863. The van der Waals surface area contributed by atoms with Crippen molar-refractivity contribution in [1.82, 2.24) is 0 Å². The summed E-state index contributed by atoms with van der Waals surface area (Å²) in [6.45, 7) is 3.90. The maximum atomic E-state index is 10.00. The Balaban J connectivity index is 2.99. The lowest BCUT2D eigenvalue weighted by atomic mass is 9.94. The smallest absolute Gasteiger partial charge is 0.0958 e. The van der Waals surface area contributed by atoms with E-state index in [9.17, 15) is 5.11 Å². The summed E-state index contributed by atoms with van der Waals surface area (Å²) in [5.74, 6) is 0.176. The molecule has 84 valence electrons. The fourth-order valence-electron chi connectivity index (χ4n) is 1.31. The molecule has 15 heavy (non-hydrogen) atoms. The van der Waals surface area contributed by atoms with Gasteiger partial charge in [-0.15, -0.1) is 0 Å². The molecule has 0 aliphatic heterocycles. The van der Waals surface area contributed by atoms with Gasteiger partial charge in [-0.2, -0.15) is 0 Å². The Morgan fingerprint density at radius 2 is 1.87 bits per heavy atom. The predicted molar refractivity (Wildman–Crippen MR) is 64.2 cm³/mol. The minimum atomic E-state index is -0.781. The third-order valence-corrected chi connectivity index (χ3v) is 2.99. The largest absolute Gasteiger partial charge is 0.387 e. The predicted octanol–water partition coefficient (Wildman–Crippen LogP) is 3.01. The molecule has 0 aromatic heterocycles. The number of aliphatic hydroxyl groups excluding tert-OH is 1. The van der Waals surface area contributed by atoms with Crippen LogP contribution in [0.4, 0.5) is 0 Å². The number of halogens is 2. The van der Waals surface area contributed by atoms with Gasteiger partial charge in [0, 0.05) is 21.7 Å². The van der Waals surface area contributed by atoms with Crippen LogP contribution in [-0.2, 0) is 0 Å². The van der Waals surface area contributed by atoms with Gasteiger partial charge >= 0.3 is 0 Å². The maximum absolute atomic E-state index is 10.00. The van der Waals surface area contributed by atoms with Crippen molar-refractivity contribution in [3.63, 3.8) is 0 Å². The van der Waals surface area contributed by atoms with E-state index in [-0.39, 0.29) is 12.0 Å². The third kappa shape index (κ3) is 3.08. The first-order valence-corrected chi connectivity index (χ1v) is 5.57. The second-order valence-corrected chi connectivity index (χ2v) is 4.78. The van der Waals surface area contributed by atoms with Crippen LogP contribution in [0.3, 0.4) is 0 Å². The highest BCUT2D eigenvalue weighted by atomic mass is 35.5. The molecule has 0 aliphatic rings. The van der Waals surface area contributed by atoms with Crippen LogP contribution >= 0.6 is 23.2 Å². The van der Waals surface area contributed by atoms with Crippen LogP contribution < -0.4 is 5.73 Å². The molecule has 2 unspecified atom stereocenters. The summed E-state index contributed by atoms with van der Waals surface area (Å²) in [4.78, 5) is 0. The summed E-state index contributed by atoms with van der Waals surface area (Å²) in [7, 11) is 0. The molecule has 0 radical (unpaired) electrons. The highest BCUT2D eigenvalue weighted by Crippen LogP contribution is 2.29. The van der Waals surface area contributed by atoms with Crippen molar-refractivity contribution in [2.75, 3.05) is 0 Å². The van der Waals surface area contributed by atoms with Crippen LogP contribution in [0.25, 0.3) is 0 Å². The molecule has 4 heteroatoms. The minimum Gasteiger partial charge on any atom is -0.387 e. The van der Waals surface area contributed by atoms with E-state index in [1.807, 2.05) is 13.8 Å². The number of aliphatic hydroxyl groups is 1. The molecule has 1 aromatic rings. The summed E-state index contributed by atoms with van der Waals surface area (Å²) in [5, 5.41) is 11.0. The van der Waals surface area contributed by atoms with E-state index in [2.05, 4.69) is 0 Å². The van der Waals surface area contributed by atoms with E-state index in [1.165, 1.54) is 0 Å². The maximum Gasteiger partial charge on any atom is 0.0958 e. The normalized spacial score (nSPS) is 15.4. The summed E-state index contributed by atoms with van der Waals surface area (Å²) >= 11 is 11.8. The first kappa shape index (κ1) is 12.8. The topological polar surface area (TPSA) is 46.2 Å². The number of rotatable bonds is 3. The SMILES string of the molecule is CC(C)C(N)C(O)c1cc(Cl)ccc1Cl. The summed E-state index contributed by atoms with van der Waals surface area (Å²) in [5.41, 5.74) is 6.45. The van der Waals surface area contributed by atoms with Gasteiger partial charge in [0.1, 0.15) is 0 Å². The molecule has 0 saturated carbocycles. The van der Waals surface area contributed by atoms with Gasteiger partial charge < -0.3 is 10.8 Å². The molecule has 0 saturated heterocycles. The third-order valence-electron chi connectivity index (χ3n) is 2.41. The van der Waals surface area contributed by atoms with Crippen molar-refractivity contribution in [2.24, 2.45) is 11.7 Å². The lowest BCUT2D eigenvalue weighted by Crippen LogP contribution is -2.33. The van der Waals surface area contributed by atoms with Gasteiger partial charge in [0.15, 0.2) is 0 Å². The van der Waals surface area contributed by atoms with E-state index in [0.717, 1.165) is 0 Å². The van der Waals surface area contributed by atoms with Crippen LogP contribution in [0.2, 0.25) is 10.0 Å². The number of nitrogens with two attached hydrogens (primary N) is 1. The minimum absolute atomic E-state index is 0.176. The fourth-order valence-corrected chi connectivity index (χ4v) is 1.72. The Morgan fingerprint density at radius 1 is 1.27 bits per heavy atom. The van der Waals surface area contributed by atoms with Crippen LogP contribution in [0, 0.1) is 5.92 Å². The Labute approximate surface area is 100.0 Å². The van der Waals surface area contributed by atoms with Crippen molar-refractivity contribution in [2.45, 2.75) is 26.0 Å². The summed E-state index contributed by atoms with van der Waals surface area (Å²) in [6.07, 6.45) is -0.781. The van der Waals surface area contributed by atoms with E-state index in [0.29, 0.717) is 15.6 Å². The molecule has 3 N–H and O–H groups in total. The van der Waals surface area contributed by atoms with Gasteiger partial charge in [-0.25, -0.2) is 0 Å². The van der Waals surface area contributed by atoms with Crippen LogP contribution in [-0.4, -0.2) is 11.1 Å². The average molecular weight is 248 g/mol. The number of benzene rings is 1. The zero-order chi connectivity index (χ0) is 11.6. The Bertz CT molecular complexity index is 341. The molecular weight excluding hydrogens is 233 g/mol. The molecule has 1 rings (SSSR count). The van der Waals surface area contributed by atoms with Gasteiger partial charge in [-0.1, -0.05) is 37.0 Å². The molecular formula is C11H15Cl2NO. The summed E-state index contributed by atoms with van der Waals surface area (Å²) < 4.78 is 0. The molecule has 0 aliphatic carbocycles. The van der Waals surface area contributed by atoms with E-state index >= 15 is 0 Å². The molecule has 0 bridgehead atoms. The fraction of sp³-hybridized carbons (Fsp3) is 0.455. The molecule has 0 heterocycles. The van der Waals surface area contributed by atoms with Crippen molar-refractivity contribution in [3.05, 3.63) is 33.8 Å². The van der Waals surface area contributed by atoms with Crippen molar-refractivity contribution in [1.29, 1.82) is 0 Å². The van der Waals surface area contributed by atoms with Crippen LogP contribution in [0.15, 0.2) is 18.2 Å². The molecule has 1 aromatic carbocycles. The highest BCUT2D eigenvalue weighted by molar-refractivity contribution is 6.33. The van der Waals surface area contributed by atoms with E-state index < -0.39 is 6.10 Å². The number of hydrogen-bond donors (Lipinski definition) is 2. The molecule has 0 spiro atoms. The number of hydrogen-bond acceptors (Lipinski definition) is 2. The van der Waals surface area contributed by atoms with Gasteiger partial charge in [-0.3, -0.25) is 0 Å². The van der Waals surface area contributed by atoms with Crippen molar-refractivity contribution in [3.8, 4) is 0 Å². The van der Waals surface area contributed by atoms with Gasteiger partial charge in [0.25, 0.3) is 0 Å². The van der Waals surface area contributed by atoms with Crippen molar-refractivity contribution >= 4 is 23.2 Å². The summed E-state index contributed by atoms with van der Waals surface area (Å²) in [6, 6.07) is 4.65. The second kappa shape index (κ2) is 5.17.